The summed E-state index contributed by atoms with van der Waals surface area (Å²) < 4.78 is 4.95. The van der Waals surface area contributed by atoms with Crippen LogP contribution in [0.4, 0.5) is 0 Å². The fourth-order valence-corrected chi connectivity index (χ4v) is 3.73. The summed E-state index contributed by atoms with van der Waals surface area (Å²) in [5.74, 6) is 0.131. The Bertz CT molecular complexity index is 1080. The highest BCUT2D eigenvalue weighted by molar-refractivity contribution is 6.01. The van der Waals surface area contributed by atoms with Crippen molar-refractivity contribution in [1.82, 2.24) is 36.1 Å². The first-order valence-corrected chi connectivity index (χ1v) is 10.4. The van der Waals surface area contributed by atoms with Crippen LogP contribution in [0.3, 0.4) is 0 Å². The van der Waals surface area contributed by atoms with E-state index in [0.29, 0.717) is 52.5 Å². The predicted molar refractivity (Wildman–Crippen MR) is 116 cm³/mol. The van der Waals surface area contributed by atoms with Crippen LogP contribution in [0.15, 0.2) is 18.2 Å². The van der Waals surface area contributed by atoms with E-state index in [4.69, 9.17) is 4.74 Å². The highest BCUT2D eigenvalue weighted by atomic mass is 16.5. The number of hydrogen-bond donors (Lipinski definition) is 5. The van der Waals surface area contributed by atoms with Crippen molar-refractivity contribution in [2.45, 2.75) is 25.8 Å². The number of aromatic nitrogens is 4. The van der Waals surface area contributed by atoms with E-state index < -0.39 is 0 Å². The molecule has 5 N–H and O–H groups in total. The zero-order valence-corrected chi connectivity index (χ0v) is 17.7. The van der Waals surface area contributed by atoms with E-state index >= 15 is 0 Å². The Balaban J connectivity index is 1.57. The van der Waals surface area contributed by atoms with Gasteiger partial charge in [-0.15, -0.1) is 0 Å². The fourth-order valence-electron chi connectivity index (χ4n) is 3.73. The fraction of sp³-hybridized carbons (Fsp3) is 0.429. The summed E-state index contributed by atoms with van der Waals surface area (Å²) >= 11 is 0. The molecular formula is C21H27N7O3. The van der Waals surface area contributed by atoms with Gasteiger partial charge < -0.3 is 25.7 Å². The highest BCUT2D eigenvalue weighted by Gasteiger charge is 2.24. The van der Waals surface area contributed by atoms with Crippen LogP contribution < -0.4 is 16.0 Å². The molecule has 0 atom stereocenters. The Hall–Kier alpha value is -3.24. The van der Waals surface area contributed by atoms with E-state index in [9.17, 15) is 9.59 Å². The molecular weight excluding hydrogens is 398 g/mol. The minimum atomic E-state index is -0.187. The third kappa shape index (κ3) is 4.59. The lowest BCUT2D eigenvalue weighted by Gasteiger charge is -2.23. The molecule has 0 unspecified atom stereocenters. The number of benzene rings is 1. The molecule has 2 amide bonds. The smallest absolute Gasteiger partial charge is 0.255 e. The summed E-state index contributed by atoms with van der Waals surface area (Å²) in [6.45, 7) is 4.49. The molecule has 31 heavy (non-hydrogen) atoms. The molecule has 2 aromatic heterocycles. The lowest BCUT2D eigenvalue weighted by molar-refractivity contribution is 0.0924. The van der Waals surface area contributed by atoms with Crippen LogP contribution in [0.25, 0.3) is 22.6 Å². The molecule has 3 heterocycles. The third-order valence-electron chi connectivity index (χ3n) is 5.41. The number of carbonyl (C=O) groups is 2. The number of carbonyl (C=O) groups excluding carboxylic acids is 2. The summed E-state index contributed by atoms with van der Waals surface area (Å²) in [5.41, 5.74) is 3.52. The summed E-state index contributed by atoms with van der Waals surface area (Å²) in [5, 5.41) is 16.4. The van der Waals surface area contributed by atoms with Gasteiger partial charge in [-0.3, -0.25) is 14.7 Å². The van der Waals surface area contributed by atoms with Gasteiger partial charge in [0.05, 0.1) is 23.2 Å². The molecule has 1 fully saturated rings. The summed E-state index contributed by atoms with van der Waals surface area (Å²) in [6, 6.07) is 5.37. The topological polar surface area (TPSA) is 137 Å². The van der Waals surface area contributed by atoms with Gasteiger partial charge >= 0.3 is 0 Å². The van der Waals surface area contributed by atoms with Crippen LogP contribution in [0, 0.1) is 6.92 Å². The molecule has 1 saturated heterocycles. The van der Waals surface area contributed by atoms with Gasteiger partial charge in [0.25, 0.3) is 11.8 Å². The van der Waals surface area contributed by atoms with E-state index in [1.807, 2.05) is 6.92 Å². The van der Waals surface area contributed by atoms with Crippen molar-refractivity contribution in [2.24, 2.45) is 0 Å². The minimum Gasteiger partial charge on any atom is -0.383 e. The number of rotatable bonds is 7. The Kier molecular flexibility index (Phi) is 6.28. The monoisotopic (exact) mass is 425 g/mol. The van der Waals surface area contributed by atoms with Crippen molar-refractivity contribution >= 4 is 22.8 Å². The number of nitrogens with zero attached hydrogens (tertiary/aromatic N) is 2. The van der Waals surface area contributed by atoms with Gasteiger partial charge in [-0.2, -0.15) is 5.10 Å². The van der Waals surface area contributed by atoms with E-state index in [0.717, 1.165) is 25.9 Å². The number of methoxy groups -OCH3 is 1. The highest BCUT2D eigenvalue weighted by Crippen LogP contribution is 2.25. The molecule has 1 aliphatic heterocycles. The van der Waals surface area contributed by atoms with Crippen LogP contribution >= 0.6 is 0 Å². The number of imidazole rings is 1. The van der Waals surface area contributed by atoms with Gasteiger partial charge in [0.1, 0.15) is 5.69 Å². The van der Waals surface area contributed by atoms with Crippen LogP contribution in [0.2, 0.25) is 0 Å². The second kappa shape index (κ2) is 9.27. The summed E-state index contributed by atoms with van der Waals surface area (Å²) in [4.78, 5) is 33.1. The maximum absolute atomic E-state index is 13.0. The van der Waals surface area contributed by atoms with E-state index in [2.05, 4.69) is 36.1 Å². The van der Waals surface area contributed by atoms with Gasteiger partial charge in [0, 0.05) is 31.0 Å². The predicted octanol–water partition coefficient (Wildman–Crippen LogP) is 1.12. The number of nitrogens with one attached hydrogen (secondary N) is 5. The molecule has 10 heteroatoms. The van der Waals surface area contributed by atoms with Crippen LogP contribution in [-0.2, 0) is 4.74 Å². The first kappa shape index (κ1) is 21.0. The second-order valence-electron chi connectivity index (χ2n) is 7.64. The number of ether oxygens (including phenoxy) is 1. The number of fused-ring (bicyclic) bond motifs is 1. The molecule has 0 saturated carbocycles. The molecule has 4 rings (SSSR count). The zero-order valence-electron chi connectivity index (χ0n) is 17.7. The molecule has 3 aromatic rings. The standard InChI is InChI=1S/C21H27N7O3/c1-12-17(21(30)24-14-5-7-22-8-6-14)18(28-27-12)19-25-15-4-3-13(11-16(15)26-19)20(29)23-9-10-31-2/h3-4,11,14,22H,5-10H2,1-2H3,(H,23,29)(H,24,30)(H,25,26)(H,27,28). The van der Waals surface area contributed by atoms with Crippen molar-refractivity contribution in [3.05, 3.63) is 35.0 Å². The van der Waals surface area contributed by atoms with Crippen molar-refractivity contribution in [3.63, 3.8) is 0 Å². The Morgan fingerprint density at radius 3 is 2.81 bits per heavy atom. The molecule has 1 aromatic carbocycles. The van der Waals surface area contributed by atoms with Crippen LogP contribution in [0.1, 0.15) is 39.3 Å². The zero-order chi connectivity index (χ0) is 21.8. The SMILES string of the molecule is COCCNC(=O)c1ccc2nc(-c3n[nH]c(C)c3C(=O)NC3CCNCC3)[nH]c2c1. The average molecular weight is 425 g/mol. The van der Waals surface area contributed by atoms with Gasteiger partial charge in [0.2, 0.25) is 0 Å². The maximum Gasteiger partial charge on any atom is 0.255 e. The van der Waals surface area contributed by atoms with Gasteiger partial charge in [-0.05, 0) is 51.1 Å². The molecule has 0 bridgehead atoms. The van der Waals surface area contributed by atoms with Crippen LogP contribution in [-0.4, -0.2) is 71.4 Å². The largest absolute Gasteiger partial charge is 0.383 e. The van der Waals surface area contributed by atoms with Crippen molar-refractivity contribution in [3.8, 4) is 11.5 Å². The van der Waals surface area contributed by atoms with Crippen molar-refractivity contribution in [1.29, 1.82) is 0 Å². The average Bonchev–Trinajstić information content (AvgIpc) is 3.37. The second-order valence-corrected chi connectivity index (χ2v) is 7.64. The summed E-state index contributed by atoms with van der Waals surface area (Å²) in [6.07, 6.45) is 1.80. The van der Waals surface area contributed by atoms with Gasteiger partial charge in [0.15, 0.2) is 5.82 Å². The number of amides is 2. The van der Waals surface area contributed by atoms with Crippen LogP contribution in [0.5, 0.6) is 0 Å². The first-order chi connectivity index (χ1) is 15.1. The summed E-state index contributed by atoms with van der Waals surface area (Å²) in [7, 11) is 1.59. The van der Waals surface area contributed by atoms with Crippen molar-refractivity contribution in [2.75, 3.05) is 33.4 Å². The van der Waals surface area contributed by atoms with Gasteiger partial charge in [-0.25, -0.2) is 4.98 Å². The third-order valence-corrected chi connectivity index (χ3v) is 5.41. The lowest BCUT2D eigenvalue weighted by atomic mass is 10.1. The van der Waals surface area contributed by atoms with E-state index in [1.54, 1.807) is 25.3 Å². The number of aromatic amines is 2. The normalized spacial score (nSPS) is 14.6. The molecule has 164 valence electrons. The molecule has 0 radical (unpaired) electrons. The maximum atomic E-state index is 13.0. The van der Waals surface area contributed by atoms with E-state index in [1.165, 1.54) is 0 Å². The first-order valence-electron chi connectivity index (χ1n) is 10.4. The number of piperidine rings is 1. The Morgan fingerprint density at radius 2 is 2.03 bits per heavy atom. The van der Waals surface area contributed by atoms with E-state index in [-0.39, 0.29) is 17.9 Å². The molecule has 1 aliphatic rings. The molecule has 10 nitrogen and oxygen atoms in total. The number of aryl methyl sites for hydroxylation is 1. The molecule has 0 spiro atoms. The van der Waals surface area contributed by atoms with Crippen molar-refractivity contribution < 1.29 is 14.3 Å². The Labute approximate surface area is 179 Å². The lowest BCUT2D eigenvalue weighted by Crippen LogP contribution is -2.42. The van der Waals surface area contributed by atoms with Gasteiger partial charge in [-0.1, -0.05) is 0 Å². The quantitative estimate of drug-likeness (QED) is 0.360. The number of hydrogen-bond acceptors (Lipinski definition) is 6. The molecule has 0 aliphatic carbocycles. The Morgan fingerprint density at radius 1 is 1.23 bits per heavy atom. The minimum absolute atomic E-state index is 0.144. The number of H-pyrrole nitrogens is 2.